The van der Waals surface area contributed by atoms with Crippen LogP contribution in [0.1, 0.15) is 57.5 Å². The van der Waals surface area contributed by atoms with Gasteiger partial charge in [-0.15, -0.1) is 22.7 Å². The van der Waals surface area contributed by atoms with E-state index in [1.165, 1.54) is 9.75 Å². The number of hydrogen-bond donors (Lipinski definition) is 0. The first-order valence-electron chi connectivity index (χ1n) is 11.6. The van der Waals surface area contributed by atoms with E-state index < -0.39 is 0 Å². The topological polar surface area (TPSA) is 25.8 Å². The molecule has 2 aromatic carbocycles. The minimum absolute atomic E-state index is 0.301. The molecule has 0 saturated heterocycles. The summed E-state index contributed by atoms with van der Waals surface area (Å²) in [5.41, 5.74) is 7.77. The predicted molar refractivity (Wildman–Crippen MR) is 171 cm³/mol. The third kappa shape index (κ3) is 3.37. The van der Waals surface area contributed by atoms with Gasteiger partial charge in [0.15, 0.2) is 0 Å². The van der Waals surface area contributed by atoms with Gasteiger partial charge in [-0.2, -0.15) is 0 Å². The van der Waals surface area contributed by atoms with Crippen molar-refractivity contribution in [1.29, 1.82) is 0 Å². The van der Waals surface area contributed by atoms with Crippen molar-refractivity contribution in [3.05, 3.63) is 103 Å². The van der Waals surface area contributed by atoms with Crippen LogP contribution in [0.25, 0.3) is 21.9 Å². The monoisotopic (exact) mass is 584 g/mol. The Morgan fingerprint density at radius 1 is 0.595 bits per heavy atom. The van der Waals surface area contributed by atoms with Gasteiger partial charge in [0.1, 0.15) is 10.0 Å². The standard InChI is InChI=1S/C29H16N2S6/c1-29(2)27-25(36-19(30-27)11-17-21(32)13-7-3-4-8-14(13)22(17)33)26-28(29)31-20(37-26)12-18-23(34)15-9-5-6-10-16(15)24(18)35/h3-12H,1-2H3. The van der Waals surface area contributed by atoms with Gasteiger partial charge in [-0.3, -0.25) is 0 Å². The molecule has 0 atom stereocenters. The lowest BCUT2D eigenvalue weighted by Gasteiger charge is -2.16. The van der Waals surface area contributed by atoms with Gasteiger partial charge in [-0.25, -0.2) is 9.97 Å². The summed E-state index contributed by atoms with van der Waals surface area (Å²) in [6, 6.07) is 16.1. The summed E-state index contributed by atoms with van der Waals surface area (Å²) >= 11 is 26.4. The van der Waals surface area contributed by atoms with Gasteiger partial charge in [0.2, 0.25) is 0 Å². The number of aromatic nitrogens is 2. The van der Waals surface area contributed by atoms with Crippen LogP contribution < -0.4 is 0 Å². The van der Waals surface area contributed by atoms with E-state index in [9.17, 15) is 0 Å². The molecule has 4 aromatic rings. The SMILES string of the molecule is CC1(C)c2nc(C=C3C(=S)c4ccccc4C3=S)sc2-c2sc(C=C3C(=S)c4ccccc4C3=S)nc21. The van der Waals surface area contributed by atoms with E-state index in [2.05, 4.69) is 26.0 Å². The molecular weight excluding hydrogens is 569 g/mol. The lowest BCUT2D eigenvalue weighted by atomic mass is 9.90. The van der Waals surface area contributed by atoms with Crippen molar-refractivity contribution < 1.29 is 0 Å². The Bertz CT molecular complexity index is 1620. The summed E-state index contributed by atoms with van der Waals surface area (Å²) in [6.07, 6.45) is 4.11. The van der Waals surface area contributed by atoms with Crippen molar-refractivity contribution >= 4 is 103 Å². The summed E-state index contributed by atoms with van der Waals surface area (Å²) < 4.78 is 0. The molecule has 0 unspecified atom stereocenters. The maximum Gasteiger partial charge on any atom is 0.117 e. The summed E-state index contributed by atoms with van der Waals surface area (Å²) in [4.78, 5) is 15.6. The Kier molecular flexibility index (Phi) is 5.28. The highest BCUT2D eigenvalue weighted by atomic mass is 32.1. The molecule has 178 valence electrons. The van der Waals surface area contributed by atoms with Crippen molar-refractivity contribution in [2.24, 2.45) is 0 Å². The van der Waals surface area contributed by atoms with Gasteiger partial charge in [0, 0.05) is 33.4 Å². The molecule has 3 aliphatic rings. The van der Waals surface area contributed by atoms with Crippen LogP contribution in [0.3, 0.4) is 0 Å². The van der Waals surface area contributed by atoms with Crippen LogP contribution in [-0.4, -0.2) is 29.4 Å². The van der Waals surface area contributed by atoms with Crippen LogP contribution in [0.15, 0.2) is 59.7 Å². The Hall–Kier alpha value is -2.46. The van der Waals surface area contributed by atoms with Gasteiger partial charge in [-0.1, -0.05) is 97.4 Å². The molecule has 2 heterocycles. The van der Waals surface area contributed by atoms with E-state index in [4.69, 9.17) is 58.8 Å². The first-order valence-corrected chi connectivity index (χ1v) is 14.9. The van der Waals surface area contributed by atoms with E-state index >= 15 is 0 Å². The zero-order valence-electron chi connectivity index (χ0n) is 19.6. The average molecular weight is 585 g/mol. The molecule has 2 aromatic heterocycles. The van der Waals surface area contributed by atoms with E-state index in [0.29, 0.717) is 0 Å². The third-order valence-electron chi connectivity index (χ3n) is 7.02. The van der Waals surface area contributed by atoms with Gasteiger partial charge >= 0.3 is 0 Å². The smallest absolute Gasteiger partial charge is 0.117 e. The van der Waals surface area contributed by atoms with Gasteiger partial charge in [-0.05, 0) is 26.0 Å². The van der Waals surface area contributed by atoms with Crippen LogP contribution in [0.4, 0.5) is 0 Å². The molecular formula is C29H16N2S6. The van der Waals surface area contributed by atoms with Gasteiger partial charge in [0.25, 0.3) is 0 Å². The van der Waals surface area contributed by atoms with Crippen molar-refractivity contribution in [2.75, 3.05) is 0 Å². The second kappa shape index (κ2) is 8.27. The van der Waals surface area contributed by atoms with Crippen molar-refractivity contribution in [2.45, 2.75) is 19.3 Å². The molecule has 0 aliphatic heterocycles. The molecule has 7 rings (SSSR count). The minimum Gasteiger partial charge on any atom is -0.240 e. The fourth-order valence-corrected chi connectivity index (χ4v) is 9.07. The lowest BCUT2D eigenvalue weighted by Crippen LogP contribution is -2.17. The van der Waals surface area contributed by atoms with Crippen molar-refractivity contribution in [3.8, 4) is 9.75 Å². The van der Waals surface area contributed by atoms with Gasteiger partial charge in [0.05, 0.1) is 46.0 Å². The van der Waals surface area contributed by atoms with Crippen molar-refractivity contribution in [3.63, 3.8) is 0 Å². The molecule has 0 spiro atoms. The normalized spacial score (nSPS) is 16.7. The molecule has 3 aliphatic carbocycles. The minimum atomic E-state index is -0.301. The fraction of sp³-hybridized carbons (Fsp3) is 0.103. The van der Waals surface area contributed by atoms with Crippen LogP contribution in [0, 0.1) is 0 Å². The second-order valence-corrected chi connectivity index (χ2v) is 13.3. The highest BCUT2D eigenvalue weighted by Gasteiger charge is 2.42. The average Bonchev–Trinajstić information content (AvgIpc) is 3.66. The Labute approximate surface area is 243 Å². The third-order valence-corrected chi connectivity index (χ3v) is 11.0. The molecule has 8 heteroatoms. The predicted octanol–water partition coefficient (Wildman–Crippen LogP) is 7.97. The van der Waals surface area contributed by atoms with Crippen LogP contribution in [-0.2, 0) is 5.41 Å². The highest BCUT2D eigenvalue weighted by molar-refractivity contribution is 7.84. The fourth-order valence-electron chi connectivity index (χ4n) is 5.12. The summed E-state index contributed by atoms with van der Waals surface area (Å²) in [6.45, 7) is 4.37. The number of allylic oxidation sites excluding steroid dienone is 2. The Morgan fingerprint density at radius 3 is 1.24 bits per heavy atom. The van der Waals surface area contributed by atoms with Crippen LogP contribution in [0.2, 0.25) is 0 Å². The van der Waals surface area contributed by atoms with Crippen LogP contribution in [0.5, 0.6) is 0 Å². The zero-order chi connectivity index (χ0) is 25.6. The van der Waals surface area contributed by atoms with Crippen LogP contribution >= 0.6 is 71.5 Å². The van der Waals surface area contributed by atoms with E-state index in [1.54, 1.807) is 22.7 Å². The number of thiazole rings is 2. The van der Waals surface area contributed by atoms with E-state index in [1.807, 2.05) is 48.5 Å². The summed E-state index contributed by atoms with van der Waals surface area (Å²) in [7, 11) is 0. The second-order valence-electron chi connectivity index (χ2n) is 9.61. The van der Waals surface area contributed by atoms with E-state index in [0.717, 1.165) is 74.3 Å². The van der Waals surface area contributed by atoms with E-state index in [-0.39, 0.29) is 5.41 Å². The van der Waals surface area contributed by atoms with Crippen molar-refractivity contribution in [1.82, 2.24) is 9.97 Å². The zero-order valence-corrected chi connectivity index (χ0v) is 24.5. The Balaban J connectivity index is 1.27. The highest BCUT2D eigenvalue weighted by Crippen LogP contribution is 2.53. The summed E-state index contributed by atoms with van der Waals surface area (Å²) in [5, 5.41) is 1.83. The quantitative estimate of drug-likeness (QED) is 0.175. The number of hydrogen-bond acceptors (Lipinski definition) is 8. The largest absolute Gasteiger partial charge is 0.240 e. The number of nitrogens with zero attached hydrogens (tertiary/aromatic N) is 2. The maximum absolute atomic E-state index is 5.76. The molecule has 0 amide bonds. The molecule has 0 radical (unpaired) electrons. The number of rotatable bonds is 2. The lowest BCUT2D eigenvalue weighted by molar-refractivity contribution is 0.620. The number of thiocarbonyl (C=S) groups is 4. The molecule has 0 N–H and O–H groups in total. The molecule has 0 bridgehead atoms. The molecule has 0 saturated carbocycles. The molecule has 37 heavy (non-hydrogen) atoms. The maximum atomic E-state index is 5.76. The first kappa shape index (κ1) is 23.6. The summed E-state index contributed by atoms with van der Waals surface area (Å²) in [5.74, 6) is 0. The number of fused-ring (bicyclic) bond motifs is 5. The number of benzene rings is 2. The first-order chi connectivity index (χ1) is 17.8. The molecule has 2 nitrogen and oxygen atoms in total. The van der Waals surface area contributed by atoms with Gasteiger partial charge < -0.3 is 0 Å². The molecule has 0 fully saturated rings. The Morgan fingerprint density at radius 2 is 0.919 bits per heavy atom.